The Morgan fingerprint density at radius 1 is 1.43 bits per heavy atom. The minimum Gasteiger partial charge on any atom is -0.341 e. The number of carbonyl (C=O) groups is 1. The van der Waals surface area contributed by atoms with Crippen molar-refractivity contribution in [2.75, 3.05) is 20.1 Å². The van der Waals surface area contributed by atoms with Crippen LogP contribution in [-0.4, -0.2) is 37.0 Å². The maximum Gasteiger partial charge on any atom is 0.219 e. The van der Waals surface area contributed by atoms with E-state index in [-0.39, 0.29) is 5.91 Å². The van der Waals surface area contributed by atoms with Crippen LogP contribution >= 0.6 is 0 Å². The minimum absolute atomic E-state index is 0.204. The molecule has 1 fully saturated rings. The van der Waals surface area contributed by atoms with Gasteiger partial charge in [0.2, 0.25) is 5.91 Å². The number of piperidine rings is 1. The van der Waals surface area contributed by atoms with E-state index in [0.29, 0.717) is 17.9 Å². The topological polar surface area (TPSA) is 32.3 Å². The van der Waals surface area contributed by atoms with E-state index in [0.717, 1.165) is 13.1 Å². The molecular formula is C11H22N2O. The van der Waals surface area contributed by atoms with Gasteiger partial charge in [-0.25, -0.2) is 0 Å². The van der Waals surface area contributed by atoms with Crippen LogP contribution in [0.1, 0.15) is 27.2 Å². The van der Waals surface area contributed by atoms with Gasteiger partial charge in [-0.05, 0) is 25.3 Å². The summed E-state index contributed by atoms with van der Waals surface area (Å²) in [6.07, 6.45) is 1.19. The highest BCUT2D eigenvalue weighted by Gasteiger charge is 2.29. The van der Waals surface area contributed by atoms with E-state index >= 15 is 0 Å². The van der Waals surface area contributed by atoms with Crippen molar-refractivity contribution in [1.82, 2.24) is 10.2 Å². The van der Waals surface area contributed by atoms with Gasteiger partial charge >= 0.3 is 0 Å². The molecule has 82 valence electrons. The standard InChI is InChI=1S/C11H22N2O/c1-8(2)10-5-11(12-4)7-13(6-10)9(3)14/h8,10-12H,5-7H2,1-4H3. The molecule has 1 rings (SSSR count). The van der Waals surface area contributed by atoms with Crippen molar-refractivity contribution in [1.29, 1.82) is 0 Å². The lowest BCUT2D eigenvalue weighted by Crippen LogP contribution is -2.50. The van der Waals surface area contributed by atoms with Crippen LogP contribution in [0.2, 0.25) is 0 Å². The van der Waals surface area contributed by atoms with Crippen molar-refractivity contribution in [2.24, 2.45) is 11.8 Å². The summed E-state index contributed by atoms with van der Waals surface area (Å²) in [6.45, 7) is 7.94. The van der Waals surface area contributed by atoms with E-state index in [4.69, 9.17) is 0 Å². The van der Waals surface area contributed by atoms with Crippen LogP contribution in [0.25, 0.3) is 0 Å². The number of rotatable bonds is 2. The maximum atomic E-state index is 11.3. The van der Waals surface area contributed by atoms with Gasteiger partial charge in [-0.1, -0.05) is 13.8 Å². The fourth-order valence-corrected chi connectivity index (χ4v) is 2.09. The molecule has 1 aliphatic heterocycles. The molecule has 0 spiro atoms. The zero-order valence-corrected chi connectivity index (χ0v) is 9.71. The molecule has 1 aliphatic rings. The minimum atomic E-state index is 0.204. The molecular weight excluding hydrogens is 176 g/mol. The summed E-state index contributed by atoms with van der Waals surface area (Å²) in [6, 6.07) is 0.472. The molecule has 0 aromatic heterocycles. The van der Waals surface area contributed by atoms with Gasteiger partial charge < -0.3 is 10.2 Å². The van der Waals surface area contributed by atoms with Gasteiger partial charge in [0.05, 0.1) is 0 Å². The molecule has 1 amide bonds. The van der Waals surface area contributed by atoms with Crippen LogP contribution in [0, 0.1) is 11.8 Å². The fraction of sp³-hybridized carbons (Fsp3) is 0.909. The predicted octanol–water partition coefficient (Wildman–Crippen LogP) is 1.10. The lowest BCUT2D eigenvalue weighted by molar-refractivity contribution is -0.131. The highest BCUT2D eigenvalue weighted by Crippen LogP contribution is 2.23. The molecule has 1 heterocycles. The maximum absolute atomic E-state index is 11.3. The zero-order chi connectivity index (χ0) is 10.7. The smallest absolute Gasteiger partial charge is 0.219 e. The van der Waals surface area contributed by atoms with E-state index < -0.39 is 0 Å². The molecule has 0 aromatic rings. The van der Waals surface area contributed by atoms with Gasteiger partial charge in [-0.15, -0.1) is 0 Å². The molecule has 0 radical (unpaired) electrons. The first kappa shape index (κ1) is 11.5. The van der Waals surface area contributed by atoms with Gasteiger partial charge in [0.1, 0.15) is 0 Å². The molecule has 2 unspecified atom stereocenters. The van der Waals surface area contributed by atoms with E-state index in [9.17, 15) is 4.79 Å². The second-order valence-corrected chi connectivity index (χ2v) is 4.65. The van der Waals surface area contributed by atoms with Crippen LogP contribution in [0.3, 0.4) is 0 Å². The number of amides is 1. The summed E-state index contributed by atoms with van der Waals surface area (Å²) in [7, 11) is 1.98. The Kier molecular flexibility index (Phi) is 3.93. The van der Waals surface area contributed by atoms with E-state index in [1.165, 1.54) is 6.42 Å². The second-order valence-electron chi connectivity index (χ2n) is 4.65. The average Bonchev–Trinajstić information content (AvgIpc) is 2.16. The number of carbonyl (C=O) groups excluding carboxylic acids is 1. The number of hydrogen-bond donors (Lipinski definition) is 1. The Hall–Kier alpha value is -0.570. The third kappa shape index (κ3) is 2.71. The third-order valence-electron chi connectivity index (χ3n) is 3.28. The summed E-state index contributed by atoms with van der Waals surface area (Å²) in [5.74, 6) is 1.51. The number of nitrogens with one attached hydrogen (secondary N) is 1. The monoisotopic (exact) mass is 198 g/mol. The van der Waals surface area contributed by atoms with Crippen molar-refractivity contribution >= 4 is 5.91 Å². The fourth-order valence-electron chi connectivity index (χ4n) is 2.09. The number of likely N-dealkylation sites (tertiary alicyclic amines) is 1. The molecule has 0 saturated carbocycles. The Balaban J connectivity index is 2.61. The van der Waals surface area contributed by atoms with Gasteiger partial charge in [-0.2, -0.15) is 0 Å². The molecule has 3 nitrogen and oxygen atoms in total. The number of hydrogen-bond acceptors (Lipinski definition) is 2. The van der Waals surface area contributed by atoms with Crippen LogP contribution in [0.5, 0.6) is 0 Å². The Bertz CT molecular complexity index is 203. The molecule has 2 atom stereocenters. The van der Waals surface area contributed by atoms with Crippen LogP contribution in [0.4, 0.5) is 0 Å². The molecule has 0 aromatic carbocycles. The van der Waals surface area contributed by atoms with Crippen molar-refractivity contribution in [2.45, 2.75) is 33.2 Å². The van der Waals surface area contributed by atoms with Gasteiger partial charge in [0, 0.05) is 26.1 Å². The predicted molar refractivity (Wildman–Crippen MR) is 58.0 cm³/mol. The van der Waals surface area contributed by atoms with Crippen LogP contribution < -0.4 is 5.32 Å². The van der Waals surface area contributed by atoms with Gasteiger partial charge in [0.15, 0.2) is 0 Å². The van der Waals surface area contributed by atoms with Crippen molar-refractivity contribution < 1.29 is 4.79 Å². The Morgan fingerprint density at radius 3 is 2.50 bits per heavy atom. The molecule has 1 N–H and O–H groups in total. The lowest BCUT2D eigenvalue weighted by Gasteiger charge is -2.39. The number of nitrogens with zero attached hydrogens (tertiary/aromatic N) is 1. The zero-order valence-electron chi connectivity index (χ0n) is 9.71. The summed E-state index contributed by atoms with van der Waals surface area (Å²) >= 11 is 0. The first-order valence-corrected chi connectivity index (χ1v) is 5.47. The van der Waals surface area contributed by atoms with Crippen LogP contribution in [-0.2, 0) is 4.79 Å². The average molecular weight is 198 g/mol. The van der Waals surface area contributed by atoms with E-state index in [1.807, 2.05) is 11.9 Å². The molecule has 14 heavy (non-hydrogen) atoms. The molecule has 3 heteroatoms. The van der Waals surface area contributed by atoms with Crippen molar-refractivity contribution in [3.63, 3.8) is 0 Å². The summed E-state index contributed by atoms with van der Waals surface area (Å²) in [5.41, 5.74) is 0. The number of likely N-dealkylation sites (N-methyl/N-ethyl adjacent to an activating group) is 1. The first-order chi connectivity index (χ1) is 6.54. The molecule has 1 saturated heterocycles. The lowest BCUT2D eigenvalue weighted by atomic mass is 9.85. The third-order valence-corrected chi connectivity index (χ3v) is 3.28. The second kappa shape index (κ2) is 4.78. The highest BCUT2D eigenvalue weighted by atomic mass is 16.2. The van der Waals surface area contributed by atoms with Crippen LogP contribution in [0.15, 0.2) is 0 Å². The highest BCUT2D eigenvalue weighted by molar-refractivity contribution is 5.73. The molecule has 0 aliphatic carbocycles. The van der Waals surface area contributed by atoms with Crippen molar-refractivity contribution in [3.05, 3.63) is 0 Å². The Labute approximate surface area is 86.9 Å². The quantitative estimate of drug-likeness (QED) is 0.720. The van der Waals surface area contributed by atoms with Gasteiger partial charge in [0.25, 0.3) is 0 Å². The SMILES string of the molecule is CNC1CC(C(C)C)CN(C(C)=O)C1. The van der Waals surface area contributed by atoms with E-state index in [1.54, 1.807) is 6.92 Å². The normalized spacial score (nSPS) is 28.2. The molecule has 0 bridgehead atoms. The largest absolute Gasteiger partial charge is 0.341 e. The summed E-state index contributed by atoms with van der Waals surface area (Å²) in [5, 5.41) is 3.28. The van der Waals surface area contributed by atoms with Gasteiger partial charge in [-0.3, -0.25) is 4.79 Å². The Morgan fingerprint density at radius 2 is 2.07 bits per heavy atom. The summed E-state index contributed by atoms with van der Waals surface area (Å²) < 4.78 is 0. The van der Waals surface area contributed by atoms with E-state index in [2.05, 4.69) is 19.2 Å². The first-order valence-electron chi connectivity index (χ1n) is 5.47. The van der Waals surface area contributed by atoms with Crippen molar-refractivity contribution in [3.8, 4) is 0 Å². The summed E-state index contributed by atoms with van der Waals surface area (Å²) in [4.78, 5) is 13.3.